The predicted molar refractivity (Wildman–Crippen MR) is 110 cm³/mol. The molecule has 7 heteroatoms. The van der Waals surface area contributed by atoms with E-state index in [1.165, 1.54) is 10.7 Å². The van der Waals surface area contributed by atoms with Gasteiger partial charge in [-0.1, -0.05) is 46.2 Å². The number of sulfonamides is 1. The molecule has 1 saturated heterocycles. The van der Waals surface area contributed by atoms with Crippen LogP contribution < -0.4 is 4.74 Å². The standard InChI is InChI=1S/C17H23N3O3S.C3H8/c1-13(2)17-8-15-10-20(24(21,22)12-19(15)11-18-17)9-14-4-6-16(23-3)7-5-14;1-3-2/h4-8,11,13,17H,9-10,12H2,1-3H3;3H2,1-2H3. The Labute approximate surface area is 163 Å². The van der Waals surface area contributed by atoms with E-state index in [1.807, 2.05) is 24.3 Å². The van der Waals surface area contributed by atoms with Crippen molar-refractivity contribution in [2.45, 2.75) is 46.7 Å². The lowest BCUT2D eigenvalue weighted by molar-refractivity contribution is 0.355. The van der Waals surface area contributed by atoms with Crippen LogP contribution in [0.5, 0.6) is 5.75 Å². The summed E-state index contributed by atoms with van der Waals surface area (Å²) in [5.41, 5.74) is 1.95. The Morgan fingerprint density at radius 1 is 1.22 bits per heavy atom. The number of rotatable bonds is 4. The fourth-order valence-corrected chi connectivity index (χ4v) is 4.24. The van der Waals surface area contributed by atoms with Crippen LogP contribution in [0.4, 0.5) is 0 Å². The van der Waals surface area contributed by atoms with Gasteiger partial charge in [-0.25, -0.2) is 8.42 Å². The highest BCUT2D eigenvalue weighted by Crippen LogP contribution is 2.26. The van der Waals surface area contributed by atoms with Gasteiger partial charge in [0.05, 0.1) is 26.0 Å². The van der Waals surface area contributed by atoms with Gasteiger partial charge < -0.3 is 9.64 Å². The molecule has 0 aliphatic carbocycles. The highest BCUT2D eigenvalue weighted by molar-refractivity contribution is 7.89. The molecule has 1 atom stereocenters. The van der Waals surface area contributed by atoms with Gasteiger partial charge in [0.2, 0.25) is 10.0 Å². The summed E-state index contributed by atoms with van der Waals surface area (Å²) in [4.78, 5) is 6.17. The van der Waals surface area contributed by atoms with Crippen molar-refractivity contribution >= 4 is 16.4 Å². The minimum Gasteiger partial charge on any atom is -0.497 e. The van der Waals surface area contributed by atoms with Gasteiger partial charge >= 0.3 is 0 Å². The third-order valence-electron chi connectivity index (χ3n) is 4.35. The van der Waals surface area contributed by atoms with Gasteiger partial charge in [-0.2, -0.15) is 4.31 Å². The van der Waals surface area contributed by atoms with Crippen molar-refractivity contribution in [1.29, 1.82) is 0 Å². The molecule has 3 rings (SSSR count). The van der Waals surface area contributed by atoms with E-state index in [-0.39, 0.29) is 11.9 Å². The molecule has 1 aromatic carbocycles. The number of nitrogens with zero attached hydrogens (tertiary/aromatic N) is 3. The largest absolute Gasteiger partial charge is 0.497 e. The summed E-state index contributed by atoms with van der Waals surface area (Å²) < 4.78 is 31.8. The Hall–Kier alpha value is -1.86. The summed E-state index contributed by atoms with van der Waals surface area (Å²) in [5.74, 6) is 1.10. The molecule has 27 heavy (non-hydrogen) atoms. The van der Waals surface area contributed by atoms with E-state index in [9.17, 15) is 8.42 Å². The van der Waals surface area contributed by atoms with Gasteiger partial charge in [0.1, 0.15) is 11.6 Å². The van der Waals surface area contributed by atoms with Crippen molar-refractivity contribution in [3.05, 3.63) is 41.6 Å². The molecule has 2 heterocycles. The minimum atomic E-state index is -3.35. The highest BCUT2D eigenvalue weighted by Gasteiger charge is 2.34. The summed E-state index contributed by atoms with van der Waals surface area (Å²) in [6.07, 6.45) is 5.00. The Kier molecular flexibility index (Phi) is 7.44. The third kappa shape index (κ3) is 5.56. The maximum atomic E-state index is 12.6. The maximum Gasteiger partial charge on any atom is 0.233 e. The third-order valence-corrected chi connectivity index (χ3v) is 5.99. The van der Waals surface area contributed by atoms with Crippen molar-refractivity contribution < 1.29 is 13.2 Å². The number of benzene rings is 1. The van der Waals surface area contributed by atoms with E-state index < -0.39 is 10.0 Å². The SMILES string of the molecule is CCC.COc1ccc(CN2CC3=CC(C(C)C)N=CN3CS2(=O)=O)cc1. The summed E-state index contributed by atoms with van der Waals surface area (Å²) in [6.45, 7) is 9.22. The quantitative estimate of drug-likeness (QED) is 0.786. The average molecular weight is 394 g/mol. The Morgan fingerprint density at radius 2 is 1.85 bits per heavy atom. The van der Waals surface area contributed by atoms with Crippen LogP contribution in [-0.4, -0.2) is 49.5 Å². The summed E-state index contributed by atoms with van der Waals surface area (Å²) in [5, 5.41) is 0. The normalized spacial score (nSPS) is 21.2. The lowest BCUT2D eigenvalue weighted by Gasteiger charge is -2.38. The van der Waals surface area contributed by atoms with Crippen molar-refractivity contribution in [2.24, 2.45) is 10.9 Å². The van der Waals surface area contributed by atoms with E-state index in [0.29, 0.717) is 19.0 Å². The second-order valence-electron chi connectivity index (χ2n) is 7.19. The van der Waals surface area contributed by atoms with Crippen molar-refractivity contribution in [3.63, 3.8) is 0 Å². The van der Waals surface area contributed by atoms with Gasteiger partial charge in [0, 0.05) is 12.2 Å². The van der Waals surface area contributed by atoms with Crippen molar-refractivity contribution in [2.75, 3.05) is 19.5 Å². The van der Waals surface area contributed by atoms with E-state index in [4.69, 9.17) is 4.74 Å². The fourth-order valence-electron chi connectivity index (χ4n) is 2.82. The first-order chi connectivity index (χ1) is 12.8. The molecule has 6 nitrogen and oxygen atoms in total. The smallest absolute Gasteiger partial charge is 0.233 e. The molecule has 1 fully saturated rings. The van der Waals surface area contributed by atoms with Crippen LogP contribution in [0.2, 0.25) is 0 Å². The van der Waals surface area contributed by atoms with Crippen molar-refractivity contribution in [3.8, 4) is 5.75 Å². The molecule has 150 valence electrons. The number of hydrogen-bond acceptors (Lipinski definition) is 5. The molecule has 0 saturated carbocycles. The molecule has 0 N–H and O–H groups in total. The molecule has 2 aliphatic rings. The molecule has 0 radical (unpaired) electrons. The Balaban J connectivity index is 0.000000817. The molecule has 0 aromatic heterocycles. The van der Waals surface area contributed by atoms with Crippen LogP contribution in [0.1, 0.15) is 39.7 Å². The zero-order valence-corrected chi connectivity index (χ0v) is 17.7. The Morgan fingerprint density at radius 3 is 2.41 bits per heavy atom. The molecule has 0 bridgehead atoms. The van der Waals surface area contributed by atoms with Crippen LogP contribution in [0, 0.1) is 5.92 Å². The van der Waals surface area contributed by atoms with Crippen molar-refractivity contribution in [1.82, 2.24) is 9.21 Å². The summed E-state index contributed by atoms with van der Waals surface area (Å²) in [6, 6.07) is 7.60. The van der Waals surface area contributed by atoms with Gasteiger partial charge in [-0.05, 0) is 29.7 Å². The number of fused-ring (bicyclic) bond motifs is 1. The Bertz CT molecular complexity index is 770. The second kappa shape index (κ2) is 9.37. The molecule has 1 unspecified atom stereocenters. The fraction of sp³-hybridized carbons (Fsp3) is 0.550. The average Bonchev–Trinajstić information content (AvgIpc) is 2.63. The summed E-state index contributed by atoms with van der Waals surface area (Å²) >= 11 is 0. The molecular formula is C20H31N3O3S. The molecule has 0 spiro atoms. The summed E-state index contributed by atoms with van der Waals surface area (Å²) in [7, 11) is -1.74. The van der Waals surface area contributed by atoms with Gasteiger partial charge in [-0.3, -0.25) is 4.99 Å². The van der Waals surface area contributed by atoms with E-state index in [1.54, 1.807) is 18.3 Å². The van der Waals surface area contributed by atoms with Gasteiger partial charge in [0.25, 0.3) is 0 Å². The lowest BCUT2D eigenvalue weighted by atomic mass is 10.0. The lowest BCUT2D eigenvalue weighted by Crippen LogP contribution is -2.49. The first kappa shape index (κ1) is 21.4. The van der Waals surface area contributed by atoms with Crippen LogP contribution in [-0.2, 0) is 16.6 Å². The molecule has 0 amide bonds. The number of methoxy groups -OCH3 is 1. The van der Waals surface area contributed by atoms with Gasteiger partial charge in [0.15, 0.2) is 0 Å². The van der Waals surface area contributed by atoms with Crippen LogP contribution in [0.3, 0.4) is 0 Å². The number of aliphatic imine (C=N–C) groups is 1. The van der Waals surface area contributed by atoms with E-state index >= 15 is 0 Å². The minimum absolute atomic E-state index is 0.0523. The highest BCUT2D eigenvalue weighted by atomic mass is 32.2. The van der Waals surface area contributed by atoms with Crippen LogP contribution in [0.25, 0.3) is 0 Å². The topological polar surface area (TPSA) is 62.2 Å². The molecule has 1 aromatic rings. The van der Waals surface area contributed by atoms with Crippen LogP contribution >= 0.6 is 0 Å². The number of ether oxygens (including phenoxy) is 1. The zero-order valence-electron chi connectivity index (χ0n) is 16.9. The maximum absolute atomic E-state index is 12.6. The van der Waals surface area contributed by atoms with Crippen LogP contribution in [0.15, 0.2) is 41.0 Å². The first-order valence-electron chi connectivity index (χ1n) is 9.42. The van der Waals surface area contributed by atoms with Gasteiger partial charge in [-0.15, -0.1) is 0 Å². The zero-order chi connectivity index (χ0) is 20.0. The molecular weight excluding hydrogens is 362 g/mol. The van der Waals surface area contributed by atoms with E-state index in [2.05, 4.69) is 38.8 Å². The molecule has 2 aliphatic heterocycles. The van der Waals surface area contributed by atoms with E-state index in [0.717, 1.165) is 17.0 Å². The first-order valence-corrected chi connectivity index (χ1v) is 11.0. The predicted octanol–water partition coefficient (Wildman–Crippen LogP) is 3.47. The monoisotopic (exact) mass is 393 g/mol. The second-order valence-corrected chi connectivity index (χ2v) is 9.13. The number of hydrogen-bond donors (Lipinski definition) is 0.